The summed E-state index contributed by atoms with van der Waals surface area (Å²) in [7, 11) is 0. The molecule has 1 heterocycles. The van der Waals surface area contributed by atoms with Gasteiger partial charge in [-0.25, -0.2) is 0 Å². The quantitative estimate of drug-likeness (QED) is 0.872. The lowest BCUT2D eigenvalue weighted by atomic mass is 10.2. The number of nitrogens with one attached hydrogen (secondary N) is 1. The minimum atomic E-state index is -0.349. The van der Waals surface area contributed by atoms with Gasteiger partial charge in [-0.05, 0) is 36.9 Å². The highest BCUT2D eigenvalue weighted by atomic mass is 16.3. The maximum Gasteiger partial charge on any atom is 0.291 e. The van der Waals surface area contributed by atoms with Gasteiger partial charge in [-0.3, -0.25) is 4.79 Å². The van der Waals surface area contributed by atoms with Crippen molar-refractivity contribution in [1.29, 1.82) is 5.26 Å². The topological polar surface area (TPSA) is 92.0 Å². The Morgan fingerprint density at radius 3 is 2.95 bits per heavy atom. The number of nitrogens with two attached hydrogens (primary N) is 1. The Labute approximate surface area is 110 Å². The zero-order valence-electron chi connectivity index (χ0n) is 10.2. The lowest BCUT2D eigenvalue weighted by molar-refractivity contribution is 0.0995. The summed E-state index contributed by atoms with van der Waals surface area (Å²) < 4.78 is 5.36. The van der Waals surface area contributed by atoms with E-state index in [1.54, 1.807) is 36.4 Å². The summed E-state index contributed by atoms with van der Waals surface area (Å²) in [4.78, 5) is 11.9. The molecule has 0 aliphatic carbocycles. The lowest BCUT2D eigenvalue weighted by Gasteiger charge is -2.03. The van der Waals surface area contributed by atoms with E-state index in [0.717, 1.165) is 0 Å². The van der Waals surface area contributed by atoms with E-state index in [-0.39, 0.29) is 11.7 Å². The third-order valence-electron chi connectivity index (χ3n) is 2.53. The first kappa shape index (κ1) is 12.9. The molecule has 0 spiro atoms. The number of hydrogen-bond donors (Lipinski definition) is 2. The predicted molar refractivity (Wildman–Crippen MR) is 70.6 cm³/mol. The molecule has 0 saturated carbocycles. The molecule has 0 aliphatic rings. The van der Waals surface area contributed by atoms with Gasteiger partial charge in [0.25, 0.3) is 5.91 Å². The second-order valence-corrected chi connectivity index (χ2v) is 3.95. The summed E-state index contributed by atoms with van der Waals surface area (Å²) >= 11 is 0. The molecule has 0 atom stereocenters. The molecule has 3 N–H and O–H groups in total. The molecule has 2 aromatic rings. The Kier molecular flexibility index (Phi) is 3.96. The Balaban J connectivity index is 2.09. The number of anilines is 1. The first-order valence-corrected chi connectivity index (χ1v) is 5.83. The van der Waals surface area contributed by atoms with Crippen LogP contribution in [-0.2, 0) is 6.42 Å². The van der Waals surface area contributed by atoms with Crippen LogP contribution < -0.4 is 11.1 Å². The monoisotopic (exact) mass is 255 g/mol. The molecular weight excluding hydrogens is 242 g/mol. The van der Waals surface area contributed by atoms with Gasteiger partial charge in [0.15, 0.2) is 5.76 Å². The van der Waals surface area contributed by atoms with E-state index in [9.17, 15) is 4.79 Å². The van der Waals surface area contributed by atoms with Crippen LogP contribution in [0.1, 0.15) is 21.9 Å². The van der Waals surface area contributed by atoms with Crippen molar-refractivity contribution in [3.05, 3.63) is 53.5 Å². The molecule has 5 heteroatoms. The number of amides is 1. The first-order valence-electron chi connectivity index (χ1n) is 5.83. The van der Waals surface area contributed by atoms with Gasteiger partial charge in [0.2, 0.25) is 0 Å². The van der Waals surface area contributed by atoms with Gasteiger partial charge in [-0.1, -0.05) is 6.07 Å². The highest BCUT2D eigenvalue weighted by molar-refractivity contribution is 6.02. The van der Waals surface area contributed by atoms with E-state index in [4.69, 9.17) is 15.4 Å². The van der Waals surface area contributed by atoms with Crippen molar-refractivity contribution < 1.29 is 9.21 Å². The minimum Gasteiger partial charge on any atom is -0.456 e. The molecule has 0 aliphatic heterocycles. The zero-order chi connectivity index (χ0) is 13.7. The standard InChI is InChI=1S/C14H13N3O2/c15-7-6-12-4-5-13(19-12)14(18)17-11-3-1-2-10(8-11)9-16/h1-5,8H,6-7,15H2,(H,17,18). The van der Waals surface area contributed by atoms with Gasteiger partial charge in [0.05, 0.1) is 11.6 Å². The average molecular weight is 255 g/mol. The number of furan rings is 1. The number of benzene rings is 1. The van der Waals surface area contributed by atoms with E-state index in [1.165, 1.54) is 0 Å². The van der Waals surface area contributed by atoms with Crippen molar-refractivity contribution in [3.8, 4) is 6.07 Å². The maximum absolute atomic E-state index is 11.9. The number of carbonyl (C=O) groups is 1. The van der Waals surface area contributed by atoms with E-state index in [2.05, 4.69) is 5.32 Å². The Morgan fingerprint density at radius 1 is 1.37 bits per heavy atom. The molecule has 5 nitrogen and oxygen atoms in total. The second kappa shape index (κ2) is 5.85. The smallest absolute Gasteiger partial charge is 0.291 e. The van der Waals surface area contributed by atoms with Gasteiger partial charge in [-0.2, -0.15) is 5.26 Å². The number of carbonyl (C=O) groups excluding carboxylic acids is 1. The van der Waals surface area contributed by atoms with Crippen LogP contribution in [0.25, 0.3) is 0 Å². The Bertz CT molecular complexity index is 626. The van der Waals surface area contributed by atoms with Crippen molar-refractivity contribution >= 4 is 11.6 Å². The van der Waals surface area contributed by atoms with Crippen LogP contribution in [0.15, 0.2) is 40.8 Å². The summed E-state index contributed by atoms with van der Waals surface area (Å²) in [6.45, 7) is 0.471. The fraction of sp³-hybridized carbons (Fsp3) is 0.143. The van der Waals surface area contributed by atoms with E-state index >= 15 is 0 Å². The molecule has 0 saturated heterocycles. The van der Waals surface area contributed by atoms with Crippen LogP contribution in [0.4, 0.5) is 5.69 Å². The SMILES string of the molecule is N#Cc1cccc(NC(=O)c2ccc(CCN)o2)c1. The van der Waals surface area contributed by atoms with Crippen molar-refractivity contribution in [1.82, 2.24) is 0 Å². The molecule has 1 aromatic heterocycles. The summed E-state index contributed by atoms with van der Waals surface area (Å²) in [5.41, 5.74) is 6.45. The molecule has 0 radical (unpaired) electrons. The molecule has 0 unspecified atom stereocenters. The minimum absolute atomic E-state index is 0.228. The van der Waals surface area contributed by atoms with Crippen LogP contribution in [0.3, 0.4) is 0 Å². The van der Waals surface area contributed by atoms with Crippen LogP contribution in [0.2, 0.25) is 0 Å². The lowest BCUT2D eigenvalue weighted by Crippen LogP contribution is -2.11. The van der Waals surface area contributed by atoms with Crippen molar-refractivity contribution in [2.24, 2.45) is 5.73 Å². The van der Waals surface area contributed by atoms with Crippen LogP contribution in [-0.4, -0.2) is 12.5 Å². The van der Waals surface area contributed by atoms with Crippen LogP contribution >= 0.6 is 0 Å². The Morgan fingerprint density at radius 2 is 2.21 bits per heavy atom. The van der Waals surface area contributed by atoms with E-state index in [0.29, 0.717) is 30.0 Å². The molecule has 0 bridgehead atoms. The normalized spacial score (nSPS) is 9.89. The van der Waals surface area contributed by atoms with E-state index < -0.39 is 0 Å². The number of nitrogens with zero attached hydrogens (tertiary/aromatic N) is 1. The molecule has 96 valence electrons. The average Bonchev–Trinajstić information content (AvgIpc) is 2.88. The highest BCUT2D eigenvalue weighted by Crippen LogP contribution is 2.13. The number of rotatable bonds is 4. The maximum atomic E-state index is 11.9. The Hall–Kier alpha value is -2.58. The van der Waals surface area contributed by atoms with Crippen molar-refractivity contribution in [3.63, 3.8) is 0 Å². The van der Waals surface area contributed by atoms with Crippen LogP contribution in [0, 0.1) is 11.3 Å². The fourth-order valence-electron chi connectivity index (χ4n) is 1.64. The summed E-state index contributed by atoms with van der Waals surface area (Å²) in [6.07, 6.45) is 0.594. The van der Waals surface area contributed by atoms with Crippen LogP contribution in [0.5, 0.6) is 0 Å². The van der Waals surface area contributed by atoms with Gasteiger partial charge in [0, 0.05) is 12.1 Å². The highest BCUT2D eigenvalue weighted by Gasteiger charge is 2.11. The van der Waals surface area contributed by atoms with Gasteiger partial charge < -0.3 is 15.5 Å². The summed E-state index contributed by atoms with van der Waals surface area (Å²) in [5.74, 6) is 0.558. The van der Waals surface area contributed by atoms with Crippen molar-refractivity contribution in [2.75, 3.05) is 11.9 Å². The molecular formula is C14H13N3O2. The predicted octanol–water partition coefficient (Wildman–Crippen LogP) is 1.90. The molecule has 1 amide bonds. The van der Waals surface area contributed by atoms with E-state index in [1.807, 2.05) is 6.07 Å². The van der Waals surface area contributed by atoms with Gasteiger partial charge in [0.1, 0.15) is 5.76 Å². The number of hydrogen-bond acceptors (Lipinski definition) is 4. The summed E-state index contributed by atoms with van der Waals surface area (Å²) in [6, 6.07) is 12.0. The summed E-state index contributed by atoms with van der Waals surface area (Å²) in [5, 5.41) is 11.5. The third-order valence-corrected chi connectivity index (χ3v) is 2.53. The third kappa shape index (κ3) is 3.21. The van der Waals surface area contributed by atoms with Gasteiger partial charge >= 0.3 is 0 Å². The second-order valence-electron chi connectivity index (χ2n) is 3.95. The van der Waals surface area contributed by atoms with Crippen molar-refractivity contribution in [2.45, 2.75) is 6.42 Å². The molecule has 19 heavy (non-hydrogen) atoms. The molecule has 1 aromatic carbocycles. The fourth-order valence-corrected chi connectivity index (χ4v) is 1.64. The van der Waals surface area contributed by atoms with Gasteiger partial charge in [-0.15, -0.1) is 0 Å². The zero-order valence-corrected chi connectivity index (χ0v) is 10.2. The number of nitriles is 1. The first-order chi connectivity index (χ1) is 9.22. The largest absolute Gasteiger partial charge is 0.456 e. The molecule has 0 fully saturated rings. The molecule has 2 rings (SSSR count).